The zero-order chi connectivity index (χ0) is 24.6. The van der Waals surface area contributed by atoms with E-state index in [1.165, 1.54) is 11.1 Å². The topological polar surface area (TPSA) is 121 Å². The Labute approximate surface area is 202 Å². The molecule has 1 saturated heterocycles. The molecule has 4 rings (SSSR count). The molecule has 2 heterocycles. The van der Waals surface area contributed by atoms with Gasteiger partial charge in [-0.15, -0.1) is 0 Å². The number of ether oxygens (including phenoxy) is 1. The van der Waals surface area contributed by atoms with Crippen molar-refractivity contribution in [2.24, 2.45) is 0 Å². The molecular formula is C22H16N4O6S2. The van der Waals surface area contributed by atoms with Crippen molar-refractivity contribution in [1.82, 2.24) is 4.68 Å². The number of hydrogen-bond acceptors (Lipinski definition) is 8. The van der Waals surface area contributed by atoms with Gasteiger partial charge in [-0.2, -0.15) is 5.01 Å². The number of thiocarbonyl (C=S) groups is 1. The fourth-order valence-corrected chi connectivity index (χ4v) is 4.64. The Balaban J connectivity index is 1.69. The number of para-hydroxylation sites is 1. The molecule has 1 fully saturated rings. The van der Waals surface area contributed by atoms with Crippen LogP contribution in [0.4, 0.5) is 11.4 Å². The number of aryl methyl sites for hydroxylation is 2. The second-order valence-electron chi connectivity index (χ2n) is 7.23. The van der Waals surface area contributed by atoms with E-state index in [0.29, 0.717) is 14.8 Å². The molecule has 3 aromatic rings. The Hall–Kier alpha value is -4.03. The molecule has 172 valence electrons. The van der Waals surface area contributed by atoms with E-state index in [2.05, 4.69) is 0 Å². The summed E-state index contributed by atoms with van der Waals surface area (Å²) in [5.41, 5.74) is 1.21. The van der Waals surface area contributed by atoms with Crippen molar-refractivity contribution in [3.63, 3.8) is 0 Å². The Morgan fingerprint density at radius 1 is 0.971 bits per heavy atom. The lowest BCUT2D eigenvalue weighted by Crippen LogP contribution is -2.39. The third kappa shape index (κ3) is 4.28. The minimum atomic E-state index is -0.752. The van der Waals surface area contributed by atoms with Crippen LogP contribution in [0.15, 0.2) is 59.5 Å². The second-order valence-corrected chi connectivity index (χ2v) is 8.90. The number of carbonyl (C=O) groups is 1. The van der Waals surface area contributed by atoms with Crippen molar-refractivity contribution >= 4 is 51.7 Å². The van der Waals surface area contributed by atoms with Crippen molar-refractivity contribution in [2.75, 3.05) is 5.01 Å². The van der Waals surface area contributed by atoms with Crippen LogP contribution < -0.4 is 9.75 Å². The summed E-state index contributed by atoms with van der Waals surface area (Å²) >= 11 is 6.57. The first kappa shape index (κ1) is 23.1. The van der Waals surface area contributed by atoms with E-state index in [-0.39, 0.29) is 17.4 Å². The summed E-state index contributed by atoms with van der Waals surface area (Å²) in [6, 6.07) is 13.6. The van der Waals surface area contributed by atoms with Gasteiger partial charge in [0.05, 0.1) is 20.8 Å². The molecule has 34 heavy (non-hydrogen) atoms. The molecule has 0 spiro atoms. The summed E-state index contributed by atoms with van der Waals surface area (Å²) in [5, 5.41) is 23.9. The third-order valence-corrected chi connectivity index (χ3v) is 6.27. The van der Waals surface area contributed by atoms with Crippen molar-refractivity contribution in [3.05, 3.63) is 96.7 Å². The first-order valence-electron chi connectivity index (χ1n) is 9.80. The Morgan fingerprint density at radius 2 is 1.65 bits per heavy atom. The van der Waals surface area contributed by atoms with Gasteiger partial charge in [-0.1, -0.05) is 30.0 Å². The number of benzene rings is 2. The van der Waals surface area contributed by atoms with Crippen LogP contribution in [-0.2, 0) is 4.79 Å². The van der Waals surface area contributed by atoms with Gasteiger partial charge < -0.3 is 4.74 Å². The third-order valence-electron chi connectivity index (χ3n) is 4.98. The molecule has 1 aliphatic rings. The SMILES string of the molecule is Cc1ccc(C)n1N1C(=O)/C(=C\c2ccccc2Oc2ccc([N+](=O)[O-])cc2[N+](=O)[O-])SC1=S. The van der Waals surface area contributed by atoms with Crippen LogP contribution in [0.1, 0.15) is 17.0 Å². The molecule has 0 saturated carbocycles. The standard InChI is InChI=1S/C22H16N4O6S2/c1-13-7-8-14(2)23(13)24-21(27)20(34-22(24)33)11-15-5-3-4-6-18(15)32-19-10-9-16(25(28)29)12-17(19)26(30)31/h3-12H,1-2H3/b20-11+. The van der Waals surface area contributed by atoms with Gasteiger partial charge in [0.25, 0.3) is 11.6 Å². The highest BCUT2D eigenvalue weighted by Crippen LogP contribution is 2.38. The van der Waals surface area contributed by atoms with Crippen molar-refractivity contribution in [3.8, 4) is 11.5 Å². The summed E-state index contributed by atoms with van der Waals surface area (Å²) in [7, 11) is 0. The number of non-ortho nitro benzene ring substituents is 1. The molecular weight excluding hydrogens is 480 g/mol. The van der Waals surface area contributed by atoms with Gasteiger partial charge in [0.1, 0.15) is 5.75 Å². The summed E-state index contributed by atoms with van der Waals surface area (Å²) < 4.78 is 7.87. The zero-order valence-electron chi connectivity index (χ0n) is 17.8. The fourth-order valence-electron chi connectivity index (χ4n) is 3.41. The molecule has 1 aromatic heterocycles. The maximum atomic E-state index is 13.2. The summed E-state index contributed by atoms with van der Waals surface area (Å²) in [4.78, 5) is 34.5. The zero-order valence-corrected chi connectivity index (χ0v) is 19.5. The van der Waals surface area contributed by atoms with Crippen LogP contribution in [0.2, 0.25) is 0 Å². The van der Waals surface area contributed by atoms with Gasteiger partial charge in [-0.25, -0.2) is 0 Å². The highest BCUT2D eigenvalue weighted by molar-refractivity contribution is 8.27. The number of hydrogen-bond donors (Lipinski definition) is 0. The molecule has 0 aliphatic carbocycles. The number of rotatable bonds is 6. The largest absolute Gasteiger partial charge is 0.449 e. The molecule has 0 N–H and O–H groups in total. The number of nitrogens with zero attached hydrogens (tertiary/aromatic N) is 4. The number of thioether (sulfide) groups is 1. The van der Waals surface area contributed by atoms with Gasteiger partial charge in [0.2, 0.25) is 5.75 Å². The van der Waals surface area contributed by atoms with E-state index in [1.807, 2.05) is 26.0 Å². The van der Waals surface area contributed by atoms with E-state index in [1.54, 1.807) is 35.0 Å². The molecule has 1 aliphatic heterocycles. The van der Waals surface area contributed by atoms with E-state index in [4.69, 9.17) is 17.0 Å². The normalized spacial score (nSPS) is 14.6. The Kier molecular flexibility index (Phi) is 6.18. The highest BCUT2D eigenvalue weighted by Gasteiger charge is 2.35. The molecule has 0 unspecified atom stereocenters. The number of nitro groups is 2. The number of aromatic nitrogens is 1. The molecule has 0 atom stereocenters. The van der Waals surface area contributed by atoms with Crippen LogP contribution in [-0.4, -0.2) is 24.8 Å². The maximum absolute atomic E-state index is 13.2. The number of carbonyl (C=O) groups excluding carboxylic acids is 1. The Bertz CT molecular complexity index is 1380. The van der Waals surface area contributed by atoms with Crippen LogP contribution >= 0.6 is 24.0 Å². The van der Waals surface area contributed by atoms with E-state index >= 15 is 0 Å². The first-order valence-corrected chi connectivity index (χ1v) is 11.0. The van der Waals surface area contributed by atoms with Gasteiger partial charge in [0.15, 0.2) is 4.32 Å². The average molecular weight is 497 g/mol. The quantitative estimate of drug-likeness (QED) is 0.196. The van der Waals surface area contributed by atoms with Crippen LogP contribution in [0, 0.1) is 34.1 Å². The molecule has 0 radical (unpaired) electrons. The van der Waals surface area contributed by atoms with E-state index in [0.717, 1.165) is 35.3 Å². The lowest BCUT2D eigenvalue weighted by atomic mass is 10.1. The summed E-state index contributed by atoms with van der Waals surface area (Å²) in [5.74, 6) is -0.242. The fraction of sp³-hybridized carbons (Fsp3) is 0.0909. The van der Waals surface area contributed by atoms with Gasteiger partial charge >= 0.3 is 5.69 Å². The predicted octanol–water partition coefficient (Wildman–Crippen LogP) is 5.25. The average Bonchev–Trinajstić information content (AvgIpc) is 3.26. The maximum Gasteiger partial charge on any atom is 0.318 e. The summed E-state index contributed by atoms with van der Waals surface area (Å²) in [6.07, 6.45) is 1.60. The lowest BCUT2D eigenvalue weighted by Gasteiger charge is -2.20. The van der Waals surface area contributed by atoms with Gasteiger partial charge in [0, 0.05) is 23.0 Å². The van der Waals surface area contributed by atoms with Gasteiger partial charge in [-0.05, 0) is 56.4 Å². The van der Waals surface area contributed by atoms with E-state index < -0.39 is 21.2 Å². The molecule has 10 nitrogen and oxygen atoms in total. The molecule has 0 bridgehead atoms. The number of amides is 1. The van der Waals surface area contributed by atoms with Crippen molar-refractivity contribution in [1.29, 1.82) is 0 Å². The molecule has 12 heteroatoms. The van der Waals surface area contributed by atoms with Gasteiger partial charge in [-0.3, -0.25) is 29.7 Å². The predicted molar refractivity (Wildman–Crippen MR) is 132 cm³/mol. The van der Waals surface area contributed by atoms with Crippen LogP contribution in [0.25, 0.3) is 6.08 Å². The molecule has 1 amide bonds. The number of nitro benzene ring substituents is 2. The molecule has 2 aromatic carbocycles. The minimum Gasteiger partial charge on any atom is -0.449 e. The van der Waals surface area contributed by atoms with Crippen LogP contribution in [0.5, 0.6) is 11.5 Å². The second kappa shape index (κ2) is 9.08. The van der Waals surface area contributed by atoms with Crippen molar-refractivity contribution in [2.45, 2.75) is 13.8 Å². The highest BCUT2D eigenvalue weighted by atomic mass is 32.2. The van der Waals surface area contributed by atoms with E-state index in [9.17, 15) is 25.0 Å². The van der Waals surface area contributed by atoms with Crippen LogP contribution in [0.3, 0.4) is 0 Å². The minimum absolute atomic E-state index is 0.164. The van der Waals surface area contributed by atoms with Crippen molar-refractivity contribution < 1.29 is 19.4 Å². The monoisotopic (exact) mass is 496 g/mol. The smallest absolute Gasteiger partial charge is 0.318 e. The first-order chi connectivity index (χ1) is 16.2. The summed E-state index contributed by atoms with van der Waals surface area (Å²) in [6.45, 7) is 3.74. The Morgan fingerprint density at radius 3 is 2.29 bits per heavy atom. The lowest BCUT2D eigenvalue weighted by molar-refractivity contribution is -0.394.